The summed E-state index contributed by atoms with van der Waals surface area (Å²) in [6, 6.07) is 3.24. The van der Waals surface area contributed by atoms with Gasteiger partial charge in [0.1, 0.15) is 0 Å². The SMILES string of the molecule is CCOC(=O)c1cc(N)cc(Cl)c1NCCCCCSC. The predicted molar refractivity (Wildman–Crippen MR) is 92.5 cm³/mol. The summed E-state index contributed by atoms with van der Waals surface area (Å²) in [6.07, 6.45) is 5.49. The normalized spacial score (nSPS) is 10.4. The zero-order valence-electron chi connectivity index (χ0n) is 12.6. The van der Waals surface area contributed by atoms with Crippen molar-refractivity contribution < 1.29 is 9.53 Å². The Morgan fingerprint density at radius 1 is 1.38 bits per heavy atom. The van der Waals surface area contributed by atoms with Gasteiger partial charge in [0.25, 0.3) is 0 Å². The van der Waals surface area contributed by atoms with Crippen LogP contribution in [0.15, 0.2) is 12.1 Å². The van der Waals surface area contributed by atoms with Gasteiger partial charge in [-0.3, -0.25) is 0 Å². The predicted octanol–water partition coefficient (Wildman–Crippen LogP) is 4.04. The minimum atomic E-state index is -0.406. The van der Waals surface area contributed by atoms with E-state index in [1.165, 1.54) is 12.2 Å². The number of esters is 1. The van der Waals surface area contributed by atoms with Gasteiger partial charge in [0.2, 0.25) is 0 Å². The second kappa shape index (κ2) is 9.79. The number of carbonyl (C=O) groups is 1. The highest BCUT2D eigenvalue weighted by Gasteiger charge is 2.16. The summed E-state index contributed by atoms with van der Waals surface area (Å²) in [5, 5.41) is 3.68. The number of nitrogens with one attached hydrogen (secondary N) is 1. The van der Waals surface area contributed by atoms with E-state index >= 15 is 0 Å². The highest BCUT2D eigenvalue weighted by Crippen LogP contribution is 2.30. The molecular formula is C15H23ClN2O2S. The molecule has 0 aliphatic heterocycles. The van der Waals surface area contributed by atoms with Gasteiger partial charge < -0.3 is 15.8 Å². The summed E-state index contributed by atoms with van der Waals surface area (Å²) in [6.45, 7) is 2.86. The molecule has 0 aromatic heterocycles. The van der Waals surface area contributed by atoms with Crippen LogP contribution in [0.4, 0.5) is 11.4 Å². The third kappa shape index (κ3) is 6.06. The molecule has 3 N–H and O–H groups in total. The maximum Gasteiger partial charge on any atom is 0.340 e. The number of halogens is 1. The molecule has 0 saturated heterocycles. The Kier molecular flexibility index (Phi) is 8.38. The fraction of sp³-hybridized carbons (Fsp3) is 0.533. The minimum Gasteiger partial charge on any atom is -0.462 e. The van der Waals surface area contributed by atoms with Gasteiger partial charge in [-0.25, -0.2) is 4.79 Å². The molecule has 0 radical (unpaired) electrons. The summed E-state index contributed by atoms with van der Waals surface area (Å²) in [5.41, 5.74) is 7.20. The molecular weight excluding hydrogens is 308 g/mol. The van der Waals surface area contributed by atoms with E-state index in [-0.39, 0.29) is 0 Å². The Labute approximate surface area is 135 Å². The second-order valence-corrected chi connectivity index (χ2v) is 6.02. The van der Waals surface area contributed by atoms with Crippen molar-refractivity contribution in [3.63, 3.8) is 0 Å². The molecule has 4 nitrogen and oxygen atoms in total. The number of carbonyl (C=O) groups excluding carboxylic acids is 1. The molecule has 0 aliphatic rings. The molecule has 0 spiro atoms. The topological polar surface area (TPSA) is 64.3 Å². The molecule has 118 valence electrons. The number of hydrogen-bond donors (Lipinski definition) is 2. The number of thioether (sulfide) groups is 1. The van der Waals surface area contributed by atoms with Crippen molar-refractivity contribution in [3.05, 3.63) is 22.7 Å². The van der Waals surface area contributed by atoms with Crippen LogP contribution in [0.2, 0.25) is 5.02 Å². The maximum atomic E-state index is 12.0. The van der Waals surface area contributed by atoms with Crippen LogP contribution in [0.3, 0.4) is 0 Å². The van der Waals surface area contributed by atoms with E-state index in [2.05, 4.69) is 11.6 Å². The van der Waals surface area contributed by atoms with Gasteiger partial charge >= 0.3 is 5.97 Å². The van der Waals surface area contributed by atoms with Crippen molar-refractivity contribution >= 4 is 40.7 Å². The van der Waals surface area contributed by atoms with E-state index in [1.54, 1.807) is 19.1 Å². The van der Waals surface area contributed by atoms with E-state index in [9.17, 15) is 4.79 Å². The molecule has 1 aromatic rings. The Hall–Kier alpha value is -1.07. The lowest BCUT2D eigenvalue weighted by Gasteiger charge is -2.14. The summed E-state index contributed by atoms with van der Waals surface area (Å²) in [7, 11) is 0. The van der Waals surface area contributed by atoms with E-state index in [0.29, 0.717) is 28.6 Å². The zero-order chi connectivity index (χ0) is 15.7. The van der Waals surface area contributed by atoms with E-state index in [0.717, 1.165) is 19.4 Å². The molecule has 0 aliphatic carbocycles. The van der Waals surface area contributed by atoms with Crippen LogP contribution in [0, 0.1) is 0 Å². The standard InChI is InChI=1S/C15H23ClN2O2S/c1-3-20-15(19)12-9-11(17)10-13(16)14(12)18-7-5-4-6-8-21-2/h9-10,18H,3-8,17H2,1-2H3. The molecule has 0 amide bonds. The molecule has 1 aromatic carbocycles. The highest BCUT2D eigenvalue weighted by molar-refractivity contribution is 7.98. The number of nitrogen functional groups attached to an aromatic ring is 1. The van der Waals surface area contributed by atoms with Crippen LogP contribution in [-0.4, -0.2) is 31.1 Å². The fourth-order valence-corrected chi connectivity index (χ4v) is 2.73. The quantitative estimate of drug-likeness (QED) is 0.406. The molecule has 21 heavy (non-hydrogen) atoms. The van der Waals surface area contributed by atoms with Gasteiger partial charge in [-0.1, -0.05) is 18.0 Å². The van der Waals surface area contributed by atoms with Gasteiger partial charge in [0, 0.05) is 12.2 Å². The highest BCUT2D eigenvalue weighted by atomic mass is 35.5. The second-order valence-electron chi connectivity index (χ2n) is 4.63. The largest absolute Gasteiger partial charge is 0.462 e. The van der Waals surface area contributed by atoms with Crippen molar-refractivity contribution in [3.8, 4) is 0 Å². The number of ether oxygens (including phenoxy) is 1. The number of nitrogens with two attached hydrogens (primary N) is 1. The first-order valence-electron chi connectivity index (χ1n) is 7.09. The van der Waals surface area contributed by atoms with E-state index in [4.69, 9.17) is 22.1 Å². The summed E-state index contributed by atoms with van der Waals surface area (Å²) < 4.78 is 5.04. The minimum absolute atomic E-state index is 0.319. The molecule has 0 unspecified atom stereocenters. The van der Waals surface area contributed by atoms with Crippen LogP contribution < -0.4 is 11.1 Å². The van der Waals surface area contributed by atoms with Crippen molar-refractivity contribution in [1.82, 2.24) is 0 Å². The number of unbranched alkanes of at least 4 members (excludes halogenated alkanes) is 2. The Balaban J connectivity index is 2.69. The summed E-state index contributed by atoms with van der Waals surface area (Å²) in [5.74, 6) is 0.771. The van der Waals surface area contributed by atoms with Crippen molar-refractivity contribution in [2.24, 2.45) is 0 Å². The van der Waals surface area contributed by atoms with Gasteiger partial charge in [-0.2, -0.15) is 11.8 Å². The molecule has 0 fully saturated rings. The number of anilines is 2. The van der Waals surface area contributed by atoms with E-state index < -0.39 is 5.97 Å². The van der Waals surface area contributed by atoms with Crippen molar-refractivity contribution in [2.75, 3.05) is 36.2 Å². The van der Waals surface area contributed by atoms with Gasteiger partial charge in [-0.15, -0.1) is 0 Å². The number of rotatable bonds is 9. The Morgan fingerprint density at radius 2 is 2.14 bits per heavy atom. The molecule has 0 atom stereocenters. The monoisotopic (exact) mass is 330 g/mol. The first-order valence-corrected chi connectivity index (χ1v) is 8.86. The lowest BCUT2D eigenvalue weighted by atomic mass is 10.1. The van der Waals surface area contributed by atoms with Gasteiger partial charge in [0.15, 0.2) is 0 Å². The average Bonchev–Trinajstić information content (AvgIpc) is 2.44. The van der Waals surface area contributed by atoms with Crippen molar-refractivity contribution in [1.29, 1.82) is 0 Å². The summed E-state index contributed by atoms with van der Waals surface area (Å²) in [4.78, 5) is 12.0. The van der Waals surface area contributed by atoms with Crippen LogP contribution in [-0.2, 0) is 4.74 Å². The van der Waals surface area contributed by atoms with Crippen molar-refractivity contribution in [2.45, 2.75) is 26.2 Å². The molecule has 0 saturated carbocycles. The lowest BCUT2D eigenvalue weighted by molar-refractivity contribution is 0.0527. The Bertz CT molecular complexity index is 469. The summed E-state index contributed by atoms with van der Waals surface area (Å²) >= 11 is 8.04. The first kappa shape index (κ1) is 18.0. The smallest absolute Gasteiger partial charge is 0.340 e. The van der Waals surface area contributed by atoms with Crippen LogP contribution in [0.25, 0.3) is 0 Å². The third-order valence-electron chi connectivity index (χ3n) is 2.93. The van der Waals surface area contributed by atoms with E-state index in [1.807, 2.05) is 11.8 Å². The molecule has 1 rings (SSSR count). The third-order valence-corrected chi connectivity index (χ3v) is 3.93. The number of hydrogen-bond acceptors (Lipinski definition) is 5. The Morgan fingerprint density at radius 3 is 2.81 bits per heavy atom. The fourth-order valence-electron chi connectivity index (χ4n) is 1.94. The first-order chi connectivity index (χ1) is 10.1. The zero-order valence-corrected chi connectivity index (χ0v) is 14.1. The molecule has 6 heteroatoms. The van der Waals surface area contributed by atoms with Crippen LogP contribution >= 0.6 is 23.4 Å². The average molecular weight is 331 g/mol. The number of benzene rings is 1. The van der Waals surface area contributed by atoms with Gasteiger partial charge in [-0.05, 0) is 43.9 Å². The van der Waals surface area contributed by atoms with Crippen LogP contribution in [0.5, 0.6) is 0 Å². The van der Waals surface area contributed by atoms with Gasteiger partial charge in [0.05, 0.1) is 22.9 Å². The maximum absolute atomic E-state index is 12.0. The lowest BCUT2D eigenvalue weighted by Crippen LogP contribution is -2.12. The van der Waals surface area contributed by atoms with Crippen LogP contribution in [0.1, 0.15) is 36.5 Å². The molecule has 0 heterocycles. The molecule has 0 bridgehead atoms.